The van der Waals surface area contributed by atoms with Gasteiger partial charge in [0, 0.05) is 6.08 Å². The SMILES string of the molecule is OC1=CCC=CO1. The highest BCUT2D eigenvalue weighted by molar-refractivity contribution is 4.96. The Morgan fingerprint density at radius 3 is 2.86 bits per heavy atom. The van der Waals surface area contributed by atoms with Crippen molar-refractivity contribution in [3.63, 3.8) is 0 Å². The number of hydrogen-bond acceptors (Lipinski definition) is 2. The monoisotopic (exact) mass is 98.0 g/mol. The third-order valence-corrected chi connectivity index (χ3v) is 0.714. The predicted molar refractivity (Wildman–Crippen MR) is 25.6 cm³/mol. The zero-order chi connectivity index (χ0) is 5.11. The first-order valence-corrected chi connectivity index (χ1v) is 2.10. The zero-order valence-corrected chi connectivity index (χ0v) is 3.79. The summed E-state index contributed by atoms with van der Waals surface area (Å²) < 4.78 is 4.51. The Morgan fingerprint density at radius 1 is 1.71 bits per heavy atom. The lowest BCUT2D eigenvalue weighted by atomic mass is 10.4. The minimum Gasteiger partial charge on any atom is -0.481 e. The van der Waals surface area contributed by atoms with Gasteiger partial charge >= 0.3 is 0 Å². The van der Waals surface area contributed by atoms with Crippen LogP contribution in [-0.4, -0.2) is 5.11 Å². The second-order valence-corrected chi connectivity index (χ2v) is 1.27. The fraction of sp³-hybridized carbons (Fsp3) is 0.200. The molecule has 0 aromatic heterocycles. The normalized spacial score (nSPS) is 18.0. The van der Waals surface area contributed by atoms with Crippen LogP contribution in [0.25, 0.3) is 0 Å². The molecule has 1 aliphatic rings. The number of aliphatic hydroxyl groups is 1. The van der Waals surface area contributed by atoms with Gasteiger partial charge in [-0.25, -0.2) is 0 Å². The Kier molecular flexibility index (Phi) is 1.02. The number of allylic oxidation sites excluding steroid dienone is 2. The zero-order valence-electron chi connectivity index (χ0n) is 3.79. The van der Waals surface area contributed by atoms with Crippen molar-refractivity contribution < 1.29 is 9.84 Å². The van der Waals surface area contributed by atoms with Crippen molar-refractivity contribution in [1.29, 1.82) is 0 Å². The Labute approximate surface area is 41.7 Å². The number of hydrogen-bond donors (Lipinski definition) is 1. The lowest BCUT2D eigenvalue weighted by Gasteiger charge is -1.99. The molecule has 0 aromatic rings. The van der Waals surface area contributed by atoms with Crippen molar-refractivity contribution in [2.75, 3.05) is 0 Å². The summed E-state index contributed by atoms with van der Waals surface area (Å²) in [6, 6.07) is 0. The topological polar surface area (TPSA) is 29.5 Å². The molecule has 0 spiro atoms. The van der Waals surface area contributed by atoms with Crippen LogP contribution >= 0.6 is 0 Å². The maximum atomic E-state index is 8.50. The number of rotatable bonds is 0. The Bertz CT molecular complexity index is 113. The smallest absolute Gasteiger partial charge is 0.277 e. The molecule has 0 amide bonds. The van der Waals surface area contributed by atoms with Gasteiger partial charge in [-0.1, -0.05) is 0 Å². The lowest BCUT2D eigenvalue weighted by Crippen LogP contribution is -1.85. The maximum absolute atomic E-state index is 8.50. The summed E-state index contributed by atoms with van der Waals surface area (Å²) in [4.78, 5) is 0. The molecule has 7 heavy (non-hydrogen) atoms. The minimum absolute atomic E-state index is 0.00231. The van der Waals surface area contributed by atoms with Crippen LogP contribution in [0.2, 0.25) is 0 Å². The molecule has 0 saturated heterocycles. The molecule has 0 bridgehead atoms. The van der Waals surface area contributed by atoms with Gasteiger partial charge in [0.25, 0.3) is 5.95 Å². The quantitative estimate of drug-likeness (QED) is 0.495. The van der Waals surface area contributed by atoms with E-state index >= 15 is 0 Å². The highest BCUT2D eigenvalue weighted by Crippen LogP contribution is 2.01. The van der Waals surface area contributed by atoms with E-state index in [-0.39, 0.29) is 5.95 Å². The summed E-state index contributed by atoms with van der Waals surface area (Å²) in [7, 11) is 0. The average Bonchev–Trinajstić information content (AvgIpc) is 1.69. The van der Waals surface area contributed by atoms with Crippen molar-refractivity contribution in [3.8, 4) is 0 Å². The summed E-state index contributed by atoms with van der Waals surface area (Å²) in [5.74, 6) is 0.00231. The van der Waals surface area contributed by atoms with Gasteiger partial charge in [-0.2, -0.15) is 0 Å². The molecule has 1 heterocycles. The second kappa shape index (κ2) is 1.69. The van der Waals surface area contributed by atoms with Gasteiger partial charge in [-0.05, 0) is 12.5 Å². The van der Waals surface area contributed by atoms with Gasteiger partial charge in [-0.3, -0.25) is 0 Å². The van der Waals surface area contributed by atoms with Crippen molar-refractivity contribution in [2.24, 2.45) is 0 Å². The van der Waals surface area contributed by atoms with Crippen LogP contribution in [0.15, 0.2) is 24.4 Å². The third kappa shape index (κ3) is 0.961. The predicted octanol–water partition coefficient (Wildman–Crippen LogP) is 1.32. The summed E-state index contributed by atoms with van der Waals surface area (Å²) in [5.41, 5.74) is 0. The van der Waals surface area contributed by atoms with Crippen LogP contribution in [0.1, 0.15) is 6.42 Å². The lowest BCUT2D eigenvalue weighted by molar-refractivity contribution is 0.162. The third-order valence-electron chi connectivity index (χ3n) is 0.714. The molecule has 0 aliphatic carbocycles. The minimum atomic E-state index is 0.00231. The maximum Gasteiger partial charge on any atom is 0.277 e. The molecule has 0 radical (unpaired) electrons. The Balaban J connectivity index is 2.50. The molecule has 1 N–H and O–H groups in total. The van der Waals surface area contributed by atoms with Gasteiger partial charge in [0.15, 0.2) is 0 Å². The Morgan fingerprint density at radius 2 is 2.57 bits per heavy atom. The number of aliphatic hydroxyl groups excluding tert-OH is 1. The molecule has 0 saturated carbocycles. The fourth-order valence-electron chi connectivity index (χ4n) is 0.390. The van der Waals surface area contributed by atoms with Gasteiger partial charge in [0.2, 0.25) is 0 Å². The molecule has 0 unspecified atom stereocenters. The van der Waals surface area contributed by atoms with Gasteiger partial charge in [-0.15, -0.1) is 0 Å². The highest BCUT2D eigenvalue weighted by Gasteiger charge is 1.90. The first-order valence-electron chi connectivity index (χ1n) is 2.10. The molecular weight excluding hydrogens is 92.1 g/mol. The number of ether oxygens (including phenoxy) is 1. The van der Waals surface area contributed by atoms with E-state index in [9.17, 15) is 0 Å². The molecule has 0 fully saturated rings. The van der Waals surface area contributed by atoms with Gasteiger partial charge in [0.05, 0.1) is 6.26 Å². The van der Waals surface area contributed by atoms with E-state index in [1.54, 1.807) is 6.08 Å². The Hall–Kier alpha value is -0.920. The van der Waals surface area contributed by atoms with Crippen molar-refractivity contribution in [3.05, 3.63) is 24.4 Å². The van der Waals surface area contributed by atoms with E-state index in [0.29, 0.717) is 0 Å². The van der Waals surface area contributed by atoms with E-state index in [1.807, 2.05) is 6.08 Å². The average molecular weight is 98.1 g/mol. The summed E-state index contributed by atoms with van der Waals surface area (Å²) in [5, 5.41) is 8.50. The van der Waals surface area contributed by atoms with Crippen LogP contribution in [0.5, 0.6) is 0 Å². The standard InChI is InChI=1S/C5H6O2/c6-5-3-1-2-4-7-5/h2-4,6H,1H2. The largest absolute Gasteiger partial charge is 0.481 e. The van der Waals surface area contributed by atoms with Crippen molar-refractivity contribution >= 4 is 0 Å². The van der Waals surface area contributed by atoms with E-state index in [0.717, 1.165) is 6.42 Å². The van der Waals surface area contributed by atoms with E-state index < -0.39 is 0 Å². The van der Waals surface area contributed by atoms with E-state index in [1.165, 1.54) is 6.26 Å². The molecule has 0 aromatic carbocycles. The highest BCUT2D eigenvalue weighted by atomic mass is 16.6. The second-order valence-electron chi connectivity index (χ2n) is 1.27. The molecule has 2 nitrogen and oxygen atoms in total. The van der Waals surface area contributed by atoms with Crippen molar-refractivity contribution in [1.82, 2.24) is 0 Å². The van der Waals surface area contributed by atoms with Gasteiger partial charge < -0.3 is 9.84 Å². The first kappa shape index (κ1) is 4.24. The summed E-state index contributed by atoms with van der Waals surface area (Å²) in [6.45, 7) is 0. The molecule has 2 heteroatoms. The van der Waals surface area contributed by atoms with Crippen molar-refractivity contribution in [2.45, 2.75) is 6.42 Å². The summed E-state index contributed by atoms with van der Waals surface area (Å²) >= 11 is 0. The van der Waals surface area contributed by atoms with Crippen LogP contribution < -0.4 is 0 Å². The van der Waals surface area contributed by atoms with Crippen LogP contribution in [0.4, 0.5) is 0 Å². The fourth-order valence-corrected chi connectivity index (χ4v) is 0.390. The van der Waals surface area contributed by atoms with E-state index in [4.69, 9.17) is 5.11 Å². The molecule has 1 aliphatic heterocycles. The summed E-state index contributed by atoms with van der Waals surface area (Å²) in [6.07, 6.45) is 5.65. The van der Waals surface area contributed by atoms with E-state index in [2.05, 4.69) is 4.74 Å². The van der Waals surface area contributed by atoms with Crippen LogP contribution in [0, 0.1) is 0 Å². The van der Waals surface area contributed by atoms with Crippen LogP contribution in [0.3, 0.4) is 0 Å². The molecule has 1 rings (SSSR count). The molecular formula is C5H6O2. The van der Waals surface area contributed by atoms with Gasteiger partial charge in [0.1, 0.15) is 0 Å². The molecule has 0 atom stereocenters. The molecule has 38 valence electrons. The van der Waals surface area contributed by atoms with Crippen LogP contribution in [-0.2, 0) is 4.74 Å². The first-order chi connectivity index (χ1) is 3.39.